The van der Waals surface area contributed by atoms with Crippen molar-refractivity contribution in [2.24, 2.45) is 0 Å². The Morgan fingerprint density at radius 2 is 1.93 bits per heavy atom. The molecule has 0 amide bonds. The molecule has 154 valence electrons. The van der Waals surface area contributed by atoms with E-state index in [4.69, 9.17) is 14.6 Å². The summed E-state index contributed by atoms with van der Waals surface area (Å²) in [5.41, 5.74) is 0.258. The van der Waals surface area contributed by atoms with Gasteiger partial charge in [-0.3, -0.25) is 4.79 Å². The number of halogens is 3. The number of aliphatic carboxylic acids is 1. The summed E-state index contributed by atoms with van der Waals surface area (Å²) in [6.45, 7) is 2.36. The molecule has 1 aliphatic heterocycles. The summed E-state index contributed by atoms with van der Waals surface area (Å²) in [5, 5.41) is 11.8. The zero-order valence-corrected chi connectivity index (χ0v) is 15.6. The van der Waals surface area contributed by atoms with Gasteiger partial charge in [0.15, 0.2) is 0 Å². The predicted molar refractivity (Wildman–Crippen MR) is 102 cm³/mol. The smallest absolute Gasteiger partial charge is 0.418 e. The standard InChI is InChI=1S/C21H20F3NO4/c1-2-28-18(12-19(26)27)13-6-8-14(9-7-13)29-17-10-11-25-20-15(17)4-3-5-16(20)21(22,23)24/h3-10,18,25H,2,11-12H2,1H3,(H,26,27). The highest BCUT2D eigenvalue weighted by Gasteiger charge is 2.35. The Morgan fingerprint density at radius 3 is 2.55 bits per heavy atom. The molecule has 3 rings (SSSR count). The predicted octanol–water partition coefficient (Wildman–Crippen LogP) is 5.10. The first-order valence-electron chi connectivity index (χ1n) is 9.05. The van der Waals surface area contributed by atoms with E-state index in [1.807, 2.05) is 0 Å². The second-order valence-corrected chi connectivity index (χ2v) is 6.39. The molecule has 0 aromatic heterocycles. The van der Waals surface area contributed by atoms with Gasteiger partial charge in [-0.1, -0.05) is 18.2 Å². The minimum absolute atomic E-state index is 0.00742. The maximum absolute atomic E-state index is 13.2. The van der Waals surface area contributed by atoms with Crippen molar-refractivity contribution in [1.82, 2.24) is 0 Å². The van der Waals surface area contributed by atoms with Gasteiger partial charge in [-0.15, -0.1) is 0 Å². The summed E-state index contributed by atoms with van der Waals surface area (Å²) in [6, 6.07) is 10.6. The van der Waals surface area contributed by atoms with Crippen LogP contribution in [-0.4, -0.2) is 24.2 Å². The number of fused-ring (bicyclic) bond motifs is 1. The summed E-state index contributed by atoms with van der Waals surface area (Å²) in [5.74, 6) is -0.221. The molecule has 2 aromatic rings. The molecule has 0 radical (unpaired) electrons. The van der Waals surface area contributed by atoms with Crippen molar-refractivity contribution < 1.29 is 32.5 Å². The third-order valence-corrected chi connectivity index (χ3v) is 4.41. The van der Waals surface area contributed by atoms with Crippen LogP contribution in [0.15, 0.2) is 48.5 Å². The number of nitrogens with one attached hydrogen (secondary N) is 1. The van der Waals surface area contributed by atoms with Gasteiger partial charge in [-0.2, -0.15) is 13.2 Å². The molecule has 5 nitrogen and oxygen atoms in total. The van der Waals surface area contributed by atoms with E-state index in [-0.39, 0.29) is 18.7 Å². The minimum Gasteiger partial charge on any atom is -0.481 e. The average Bonchev–Trinajstić information content (AvgIpc) is 2.67. The molecule has 0 spiro atoms. The van der Waals surface area contributed by atoms with Crippen molar-refractivity contribution in [3.63, 3.8) is 0 Å². The SMILES string of the molecule is CCOC(CC(=O)O)c1ccc(OC2=CCNc3c2cccc3C(F)(F)F)cc1. The number of anilines is 1. The summed E-state index contributed by atoms with van der Waals surface area (Å²) in [4.78, 5) is 11.0. The molecule has 0 fully saturated rings. The van der Waals surface area contributed by atoms with Gasteiger partial charge in [0.1, 0.15) is 11.5 Å². The van der Waals surface area contributed by atoms with Crippen molar-refractivity contribution in [2.45, 2.75) is 25.6 Å². The van der Waals surface area contributed by atoms with E-state index in [1.54, 1.807) is 43.3 Å². The third-order valence-electron chi connectivity index (χ3n) is 4.41. The van der Waals surface area contributed by atoms with Crippen LogP contribution >= 0.6 is 0 Å². The first-order valence-corrected chi connectivity index (χ1v) is 9.05. The largest absolute Gasteiger partial charge is 0.481 e. The van der Waals surface area contributed by atoms with E-state index in [0.29, 0.717) is 29.2 Å². The molecular weight excluding hydrogens is 387 g/mol. The molecule has 29 heavy (non-hydrogen) atoms. The maximum Gasteiger partial charge on any atom is 0.418 e. The Hall–Kier alpha value is -3.00. The number of rotatable bonds is 7. The quantitative estimate of drug-likeness (QED) is 0.668. The van der Waals surface area contributed by atoms with Crippen LogP contribution in [0.5, 0.6) is 5.75 Å². The average molecular weight is 407 g/mol. The summed E-state index contributed by atoms with van der Waals surface area (Å²) >= 11 is 0. The lowest BCUT2D eigenvalue weighted by Crippen LogP contribution is -2.17. The number of alkyl halides is 3. The van der Waals surface area contributed by atoms with Crippen molar-refractivity contribution in [3.05, 3.63) is 65.2 Å². The van der Waals surface area contributed by atoms with E-state index < -0.39 is 23.8 Å². The van der Waals surface area contributed by atoms with Crippen molar-refractivity contribution in [3.8, 4) is 5.75 Å². The molecule has 0 bridgehead atoms. The highest BCUT2D eigenvalue weighted by molar-refractivity contribution is 5.79. The van der Waals surface area contributed by atoms with Crippen LogP contribution in [0.25, 0.3) is 5.76 Å². The highest BCUT2D eigenvalue weighted by Crippen LogP contribution is 2.40. The van der Waals surface area contributed by atoms with Gasteiger partial charge in [0.25, 0.3) is 0 Å². The number of carboxylic acids is 1. The molecular formula is C21H20F3NO4. The molecule has 1 aliphatic rings. The number of benzene rings is 2. The molecule has 1 atom stereocenters. The monoisotopic (exact) mass is 407 g/mol. The van der Waals surface area contributed by atoms with E-state index in [2.05, 4.69) is 5.32 Å². The summed E-state index contributed by atoms with van der Waals surface area (Å²) in [7, 11) is 0. The maximum atomic E-state index is 13.2. The fourth-order valence-electron chi connectivity index (χ4n) is 3.15. The van der Waals surface area contributed by atoms with Gasteiger partial charge >= 0.3 is 12.1 Å². The van der Waals surface area contributed by atoms with Crippen LogP contribution < -0.4 is 10.1 Å². The van der Waals surface area contributed by atoms with Gasteiger partial charge in [0.2, 0.25) is 0 Å². The number of ether oxygens (including phenoxy) is 2. The number of hydrogen-bond donors (Lipinski definition) is 2. The van der Waals surface area contributed by atoms with Crippen LogP contribution in [0.3, 0.4) is 0 Å². The molecule has 2 N–H and O–H groups in total. The van der Waals surface area contributed by atoms with Crippen molar-refractivity contribution >= 4 is 17.4 Å². The third kappa shape index (κ3) is 4.89. The lowest BCUT2D eigenvalue weighted by Gasteiger charge is -2.23. The Labute approximate surface area is 165 Å². The van der Waals surface area contributed by atoms with Crippen molar-refractivity contribution in [1.29, 1.82) is 0 Å². The van der Waals surface area contributed by atoms with E-state index >= 15 is 0 Å². The van der Waals surface area contributed by atoms with Crippen LogP contribution in [0.1, 0.15) is 36.1 Å². The zero-order valence-electron chi connectivity index (χ0n) is 15.6. The number of carbonyl (C=O) groups is 1. The van der Waals surface area contributed by atoms with Gasteiger partial charge < -0.3 is 19.9 Å². The van der Waals surface area contributed by atoms with Crippen LogP contribution in [0.2, 0.25) is 0 Å². The number of carboxylic acid groups (broad SMARTS) is 1. The molecule has 2 aromatic carbocycles. The Bertz CT molecular complexity index is 907. The topological polar surface area (TPSA) is 67.8 Å². The highest BCUT2D eigenvalue weighted by atomic mass is 19.4. The number of hydrogen-bond acceptors (Lipinski definition) is 4. The van der Waals surface area contributed by atoms with Gasteiger partial charge in [-0.25, -0.2) is 0 Å². The summed E-state index contributed by atoms with van der Waals surface area (Å²) in [6.07, 6.45) is -3.55. The van der Waals surface area contributed by atoms with Crippen molar-refractivity contribution in [2.75, 3.05) is 18.5 Å². The molecule has 8 heteroatoms. The van der Waals surface area contributed by atoms with E-state index in [1.165, 1.54) is 6.07 Å². The first-order chi connectivity index (χ1) is 13.8. The molecule has 0 aliphatic carbocycles. The molecule has 0 saturated carbocycles. The minimum atomic E-state index is -4.47. The zero-order chi connectivity index (χ0) is 21.0. The van der Waals surface area contributed by atoms with E-state index in [9.17, 15) is 18.0 Å². The fourth-order valence-corrected chi connectivity index (χ4v) is 3.15. The van der Waals surface area contributed by atoms with Gasteiger partial charge in [0, 0.05) is 18.7 Å². The Morgan fingerprint density at radius 1 is 1.21 bits per heavy atom. The Balaban J connectivity index is 1.81. The summed E-state index contributed by atoms with van der Waals surface area (Å²) < 4.78 is 51.0. The normalized spacial score (nSPS) is 14.4. The van der Waals surface area contributed by atoms with E-state index in [0.717, 1.165) is 6.07 Å². The number of para-hydroxylation sites is 1. The lowest BCUT2D eigenvalue weighted by atomic mass is 10.0. The molecule has 1 heterocycles. The molecule has 0 saturated heterocycles. The molecule has 1 unspecified atom stereocenters. The Kier molecular flexibility index (Phi) is 6.12. The first kappa shape index (κ1) is 20.7. The van der Waals surface area contributed by atoms with Gasteiger partial charge in [0.05, 0.1) is 23.8 Å². The second kappa shape index (κ2) is 8.57. The van der Waals surface area contributed by atoms with Crippen LogP contribution in [0.4, 0.5) is 18.9 Å². The fraction of sp³-hybridized carbons (Fsp3) is 0.286. The lowest BCUT2D eigenvalue weighted by molar-refractivity contribution is -0.140. The second-order valence-electron chi connectivity index (χ2n) is 6.39. The van der Waals surface area contributed by atoms with Crippen LogP contribution in [-0.2, 0) is 15.7 Å². The van der Waals surface area contributed by atoms with Crippen LogP contribution in [0, 0.1) is 0 Å². The van der Waals surface area contributed by atoms with Gasteiger partial charge in [-0.05, 0) is 42.8 Å².